The van der Waals surface area contributed by atoms with Gasteiger partial charge in [-0.2, -0.15) is 5.10 Å². The van der Waals surface area contributed by atoms with E-state index in [0.29, 0.717) is 0 Å². The van der Waals surface area contributed by atoms with E-state index in [2.05, 4.69) is 15.5 Å². The van der Waals surface area contributed by atoms with E-state index in [-0.39, 0.29) is 0 Å². The fourth-order valence-electron chi connectivity index (χ4n) is 1.81. The third kappa shape index (κ3) is 3.05. The molecule has 15 heavy (non-hydrogen) atoms. The molecule has 1 fully saturated rings. The van der Waals surface area contributed by atoms with Crippen molar-refractivity contribution in [3.05, 3.63) is 23.9 Å². The van der Waals surface area contributed by atoms with Crippen LogP contribution in [0, 0.1) is 6.92 Å². The van der Waals surface area contributed by atoms with E-state index in [1.54, 1.807) is 0 Å². The van der Waals surface area contributed by atoms with E-state index in [1.165, 1.54) is 25.0 Å². The summed E-state index contributed by atoms with van der Waals surface area (Å²) in [6.07, 6.45) is 6.18. The minimum atomic E-state index is 0.841. The van der Waals surface area contributed by atoms with Crippen molar-refractivity contribution in [3.63, 3.8) is 0 Å². The van der Waals surface area contributed by atoms with Gasteiger partial charge in [-0.3, -0.25) is 5.43 Å². The molecule has 3 heteroatoms. The minimum Gasteiger partial charge on any atom is -0.261 e. The quantitative estimate of drug-likeness (QED) is 0.750. The zero-order valence-electron chi connectivity index (χ0n) is 9.16. The fourth-order valence-corrected chi connectivity index (χ4v) is 1.81. The first-order chi connectivity index (χ1) is 7.34. The van der Waals surface area contributed by atoms with E-state index >= 15 is 0 Å². The molecule has 3 nitrogen and oxygen atoms in total. The second-order valence-electron chi connectivity index (χ2n) is 4.01. The summed E-state index contributed by atoms with van der Waals surface area (Å²) in [6, 6.07) is 5.92. The van der Waals surface area contributed by atoms with Crippen LogP contribution in [0.15, 0.2) is 23.3 Å². The van der Waals surface area contributed by atoms with Gasteiger partial charge < -0.3 is 0 Å². The van der Waals surface area contributed by atoms with Gasteiger partial charge in [0.15, 0.2) is 0 Å². The molecule has 0 bridgehead atoms. The minimum absolute atomic E-state index is 0.841. The van der Waals surface area contributed by atoms with Crippen molar-refractivity contribution in [2.24, 2.45) is 5.10 Å². The number of hydrogen-bond acceptors (Lipinski definition) is 3. The highest BCUT2D eigenvalue weighted by Gasteiger charge is 2.06. The Labute approximate surface area is 90.6 Å². The summed E-state index contributed by atoms with van der Waals surface area (Å²) in [5, 5.41) is 4.40. The van der Waals surface area contributed by atoms with Crippen molar-refractivity contribution in [2.45, 2.75) is 39.0 Å². The predicted octanol–water partition coefficient (Wildman–Crippen LogP) is 3.12. The number of rotatable bonds is 2. The monoisotopic (exact) mass is 203 g/mol. The fraction of sp³-hybridized carbons (Fsp3) is 0.500. The van der Waals surface area contributed by atoms with Gasteiger partial charge in [0.05, 0.1) is 0 Å². The smallest absolute Gasteiger partial charge is 0.146 e. The zero-order chi connectivity index (χ0) is 10.5. The highest BCUT2D eigenvalue weighted by atomic mass is 15.3. The Hall–Kier alpha value is -1.38. The lowest BCUT2D eigenvalue weighted by Crippen LogP contribution is -2.07. The molecule has 0 saturated heterocycles. The van der Waals surface area contributed by atoms with Crippen LogP contribution in [-0.2, 0) is 0 Å². The second kappa shape index (κ2) is 4.91. The summed E-state index contributed by atoms with van der Waals surface area (Å²) in [7, 11) is 0. The van der Waals surface area contributed by atoms with Gasteiger partial charge >= 0.3 is 0 Å². The Morgan fingerprint density at radius 3 is 2.73 bits per heavy atom. The Balaban J connectivity index is 1.96. The number of pyridine rings is 1. The van der Waals surface area contributed by atoms with Crippen LogP contribution in [0.3, 0.4) is 0 Å². The first-order valence-corrected chi connectivity index (χ1v) is 5.60. The molecular formula is C12H17N3. The summed E-state index contributed by atoms with van der Waals surface area (Å²) in [5.74, 6) is 0.841. The van der Waals surface area contributed by atoms with E-state index in [1.807, 2.05) is 25.1 Å². The molecule has 0 amide bonds. The number of aryl methyl sites for hydroxylation is 1. The van der Waals surface area contributed by atoms with Crippen molar-refractivity contribution in [3.8, 4) is 0 Å². The predicted molar refractivity (Wildman–Crippen MR) is 63.1 cm³/mol. The number of hydrazone groups is 1. The summed E-state index contributed by atoms with van der Waals surface area (Å²) in [4.78, 5) is 4.34. The molecule has 2 rings (SSSR count). The lowest BCUT2D eigenvalue weighted by Gasteiger charge is -2.12. The topological polar surface area (TPSA) is 37.3 Å². The Morgan fingerprint density at radius 1 is 1.20 bits per heavy atom. The molecule has 0 unspecified atom stereocenters. The van der Waals surface area contributed by atoms with Crippen molar-refractivity contribution >= 4 is 11.5 Å². The Bertz CT molecular complexity index is 350. The van der Waals surface area contributed by atoms with Gasteiger partial charge in [0.2, 0.25) is 0 Å². The van der Waals surface area contributed by atoms with Crippen molar-refractivity contribution < 1.29 is 0 Å². The van der Waals surface area contributed by atoms with Crippen molar-refractivity contribution in [1.29, 1.82) is 0 Å². The molecule has 1 aliphatic carbocycles. The van der Waals surface area contributed by atoms with Gasteiger partial charge in [-0.1, -0.05) is 12.5 Å². The summed E-state index contributed by atoms with van der Waals surface area (Å²) in [6.45, 7) is 1.99. The standard InChI is InChI=1S/C12H17N3/c1-10-6-5-9-12(13-10)15-14-11-7-3-2-4-8-11/h5-6,9H,2-4,7-8H2,1H3,(H,13,15). The average molecular weight is 203 g/mol. The molecule has 1 N–H and O–H groups in total. The lowest BCUT2D eigenvalue weighted by atomic mass is 9.99. The molecule has 0 spiro atoms. The highest BCUT2D eigenvalue weighted by molar-refractivity contribution is 5.85. The Morgan fingerprint density at radius 2 is 2.00 bits per heavy atom. The largest absolute Gasteiger partial charge is 0.261 e. The molecule has 0 aliphatic heterocycles. The van der Waals surface area contributed by atoms with Crippen LogP contribution in [-0.4, -0.2) is 10.7 Å². The molecule has 0 atom stereocenters. The molecule has 80 valence electrons. The maximum atomic E-state index is 4.40. The van der Waals surface area contributed by atoms with Gasteiger partial charge in [-0.15, -0.1) is 0 Å². The number of nitrogens with one attached hydrogen (secondary N) is 1. The Kier molecular flexibility index (Phi) is 3.33. The van der Waals surface area contributed by atoms with Gasteiger partial charge in [0.1, 0.15) is 5.82 Å². The summed E-state index contributed by atoms with van der Waals surface area (Å²) >= 11 is 0. The van der Waals surface area contributed by atoms with E-state index in [4.69, 9.17) is 0 Å². The van der Waals surface area contributed by atoms with Crippen LogP contribution < -0.4 is 5.43 Å². The molecule has 1 aromatic rings. The molecular weight excluding hydrogens is 186 g/mol. The molecule has 1 aromatic heterocycles. The highest BCUT2D eigenvalue weighted by Crippen LogP contribution is 2.15. The van der Waals surface area contributed by atoms with Gasteiger partial charge in [0.25, 0.3) is 0 Å². The van der Waals surface area contributed by atoms with Gasteiger partial charge in [0, 0.05) is 11.4 Å². The maximum absolute atomic E-state index is 4.40. The number of aromatic nitrogens is 1. The molecule has 1 saturated carbocycles. The molecule has 1 aliphatic rings. The molecule has 0 aromatic carbocycles. The molecule has 1 heterocycles. The second-order valence-corrected chi connectivity index (χ2v) is 4.01. The van der Waals surface area contributed by atoms with Crippen LogP contribution in [0.5, 0.6) is 0 Å². The lowest BCUT2D eigenvalue weighted by molar-refractivity contribution is 0.665. The van der Waals surface area contributed by atoms with Crippen molar-refractivity contribution in [1.82, 2.24) is 4.98 Å². The zero-order valence-corrected chi connectivity index (χ0v) is 9.16. The summed E-state index contributed by atoms with van der Waals surface area (Å²) in [5.41, 5.74) is 5.33. The third-order valence-electron chi connectivity index (χ3n) is 2.65. The molecule has 0 radical (unpaired) electrons. The average Bonchev–Trinajstić information content (AvgIpc) is 2.28. The van der Waals surface area contributed by atoms with Gasteiger partial charge in [-0.05, 0) is 44.7 Å². The van der Waals surface area contributed by atoms with Crippen LogP contribution in [0.1, 0.15) is 37.8 Å². The number of nitrogens with zero attached hydrogens (tertiary/aromatic N) is 2. The van der Waals surface area contributed by atoms with Crippen LogP contribution in [0.25, 0.3) is 0 Å². The van der Waals surface area contributed by atoms with Crippen LogP contribution in [0.4, 0.5) is 5.82 Å². The SMILES string of the molecule is Cc1cccc(NN=C2CCCCC2)n1. The van der Waals surface area contributed by atoms with Crippen LogP contribution in [0.2, 0.25) is 0 Å². The maximum Gasteiger partial charge on any atom is 0.146 e. The first-order valence-electron chi connectivity index (χ1n) is 5.60. The van der Waals surface area contributed by atoms with E-state index in [9.17, 15) is 0 Å². The normalized spacial score (nSPS) is 16.2. The van der Waals surface area contributed by atoms with E-state index in [0.717, 1.165) is 24.4 Å². The first kappa shape index (κ1) is 10.1. The van der Waals surface area contributed by atoms with Crippen LogP contribution >= 0.6 is 0 Å². The van der Waals surface area contributed by atoms with E-state index < -0.39 is 0 Å². The third-order valence-corrected chi connectivity index (χ3v) is 2.65. The summed E-state index contributed by atoms with van der Waals surface area (Å²) < 4.78 is 0. The van der Waals surface area contributed by atoms with Gasteiger partial charge in [-0.25, -0.2) is 4.98 Å². The number of hydrogen-bond donors (Lipinski definition) is 1. The van der Waals surface area contributed by atoms with Crippen molar-refractivity contribution in [2.75, 3.05) is 5.43 Å². The number of anilines is 1.